The summed E-state index contributed by atoms with van der Waals surface area (Å²) in [7, 11) is 0. The van der Waals surface area contributed by atoms with E-state index in [1.54, 1.807) is 0 Å². The number of para-hydroxylation sites is 1. The van der Waals surface area contributed by atoms with Gasteiger partial charge in [0.1, 0.15) is 0 Å². The summed E-state index contributed by atoms with van der Waals surface area (Å²) in [6.07, 6.45) is 1.86. The molecule has 0 spiro atoms. The number of fused-ring (bicyclic) bond motifs is 1. The van der Waals surface area contributed by atoms with Crippen LogP contribution in [0.5, 0.6) is 0 Å². The maximum Gasteiger partial charge on any atom is 0.200 e. The largest absolute Gasteiger partial charge is 0.398 e. The molecule has 2 nitrogen and oxygen atoms in total. The van der Waals surface area contributed by atoms with Gasteiger partial charge in [0.2, 0.25) is 5.78 Å². The first-order chi connectivity index (χ1) is 8.75. The highest BCUT2D eigenvalue weighted by Gasteiger charge is 2.25. The summed E-state index contributed by atoms with van der Waals surface area (Å²) in [5.74, 6) is 0.0823. The molecular formula is C15H11NOS. The number of carbonyl (C=O) groups excluding carboxylic acids is 1. The Balaban J connectivity index is 2.02. The zero-order valence-electron chi connectivity index (χ0n) is 9.59. The minimum absolute atomic E-state index is 0.0823. The molecular weight excluding hydrogens is 242 g/mol. The zero-order chi connectivity index (χ0) is 12.5. The molecule has 3 rings (SSSR count). The van der Waals surface area contributed by atoms with E-state index >= 15 is 0 Å². The van der Waals surface area contributed by atoms with Gasteiger partial charge in [0.15, 0.2) is 0 Å². The first kappa shape index (κ1) is 11.1. The van der Waals surface area contributed by atoms with Gasteiger partial charge in [-0.2, -0.15) is 0 Å². The number of hydrogen-bond acceptors (Lipinski definition) is 3. The summed E-state index contributed by atoms with van der Waals surface area (Å²) in [6, 6.07) is 15.2. The standard InChI is InChI=1S/C15H11NOS/c16-12-7-3-1-5-10(12)9-14-15(17)11-6-2-4-8-13(11)18-14/h1-9H,16H2. The number of anilines is 1. The molecule has 0 radical (unpaired) electrons. The van der Waals surface area contributed by atoms with E-state index in [2.05, 4.69) is 0 Å². The van der Waals surface area contributed by atoms with Crippen molar-refractivity contribution in [2.75, 3.05) is 5.73 Å². The maximum absolute atomic E-state index is 12.2. The molecule has 1 aliphatic rings. The van der Waals surface area contributed by atoms with Crippen LogP contribution in [0.15, 0.2) is 58.3 Å². The Morgan fingerprint density at radius 2 is 1.72 bits per heavy atom. The normalized spacial score (nSPS) is 16.0. The van der Waals surface area contributed by atoms with E-state index in [0.717, 1.165) is 20.9 Å². The second-order valence-electron chi connectivity index (χ2n) is 4.06. The maximum atomic E-state index is 12.2. The molecule has 0 saturated carbocycles. The second-order valence-corrected chi connectivity index (χ2v) is 5.15. The van der Waals surface area contributed by atoms with Gasteiger partial charge >= 0.3 is 0 Å². The van der Waals surface area contributed by atoms with Crippen LogP contribution in [0.3, 0.4) is 0 Å². The number of ketones is 1. The van der Waals surface area contributed by atoms with Gasteiger partial charge in [-0.3, -0.25) is 4.79 Å². The third kappa shape index (κ3) is 1.83. The highest BCUT2D eigenvalue weighted by molar-refractivity contribution is 8.04. The lowest BCUT2D eigenvalue weighted by Crippen LogP contribution is -1.94. The number of benzene rings is 2. The lowest BCUT2D eigenvalue weighted by Gasteiger charge is -2.00. The van der Waals surface area contributed by atoms with Gasteiger partial charge in [-0.05, 0) is 29.8 Å². The van der Waals surface area contributed by atoms with Crippen LogP contribution in [0.25, 0.3) is 6.08 Å². The van der Waals surface area contributed by atoms with Crippen LogP contribution >= 0.6 is 11.8 Å². The number of hydrogen-bond donors (Lipinski definition) is 1. The number of rotatable bonds is 1. The second kappa shape index (κ2) is 4.35. The smallest absolute Gasteiger partial charge is 0.200 e. The topological polar surface area (TPSA) is 43.1 Å². The number of carbonyl (C=O) groups is 1. The molecule has 0 unspecified atom stereocenters. The van der Waals surface area contributed by atoms with Crippen LogP contribution in [0, 0.1) is 0 Å². The van der Waals surface area contributed by atoms with Gasteiger partial charge < -0.3 is 5.73 Å². The molecule has 0 atom stereocenters. The van der Waals surface area contributed by atoms with Crippen molar-refractivity contribution < 1.29 is 4.79 Å². The van der Waals surface area contributed by atoms with Crippen molar-refractivity contribution in [3.05, 3.63) is 64.6 Å². The van der Waals surface area contributed by atoms with E-state index in [0.29, 0.717) is 5.69 Å². The monoisotopic (exact) mass is 253 g/mol. The van der Waals surface area contributed by atoms with E-state index in [1.165, 1.54) is 11.8 Å². The summed E-state index contributed by atoms with van der Waals surface area (Å²) in [4.78, 5) is 13.9. The van der Waals surface area contributed by atoms with Gasteiger partial charge in [0, 0.05) is 16.1 Å². The van der Waals surface area contributed by atoms with E-state index in [4.69, 9.17) is 5.73 Å². The van der Waals surface area contributed by atoms with E-state index in [1.807, 2.05) is 54.6 Å². The molecule has 2 aromatic carbocycles. The summed E-state index contributed by atoms with van der Waals surface area (Å²) in [5.41, 5.74) is 8.24. The van der Waals surface area contributed by atoms with Crippen LogP contribution in [-0.4, -0.2) is 5.78 Å². The van der Waals surface area contributed by atoms with Crippen LogP contribution < -0.4 is 5.73 Å². The third-order valence-electron chi connectivity index (χ3n) is 2.86. The predicted octanol–water partition coefficient (Wildman–Crippen LogP) is 3.60. The van der Waals surface area contributed by atoms with Crippen LogP contribution in [-0.2, 0) is 0 Å². The molecule has 0 aliphatic carbocycles. The molecule has 1 heterocycles. The number of Topliss-reactive ketones (excluding diaryl/α,β-unsaturated/α-hetero) is 1. The number of nitrogens with two attached hydrogens (primary N) is 1. The summed E-state index contributed by atoms with van der Waals surface area (Å²) >= 11 is 1.50. The van der Waals surface area contributed by atoms with E-state index in [-0.39, 0.29) is 5.78 Å². The molecule has 18 heavy (non-hydrogen) atoms. The van der Waals surface area contributed by atoms with Crippen molar-refractivity contribution in [1.82, 2.24) is 0 Å². The molecule has 2 aromatic rings. The summed E-state index contributed by atoms with van der Waals surface area (Å²) in [5, 5.41) is 0. The molecule has 3 heteroatoms. The van der Waals surface area contributed by atoms with Crippen molar-refractivity contribution in [3.63, 3.8) is 0 Å². The van der Waals surface area contributed by atoms with Gasteiger partial charge in [-0.1, -0.05) is 42.1 Å². The molecule has 2 N–H and O–H groups in total. The molecule has 0 amide bonds. The quantitative estimate of drug-likeness (QED) is 0.623. The average molecular weight is 253 g/mol. The minimum atomic E-state index is 0.0823. The van der Waals surface area contributed by atoms with Crippen molar-refractivity contribution in [2.45, 2.75) is 4.90 Å². The lowest BCUT2D eigenvalue weighted by molar-refractivity contribution is 0.104. The fourth-order valence-corrected chi connectivity index (χ4v) is 2.96. The van der Waals surface area contributed by atoms with Crippen molar-refractivity contribution in [2.24, 2.45) is 0 Å². The van der Waals surface area contributed by atoms with Gasteiger partial charge in [-0.15, -0.1) is 0 Å². The Kier molecular flexibility index (Phi) is 2.68. The average Bonchev–Trinajstić information content (AvgIpc) is 2.70. The Morgan fingerprint density at radius 3 is 2.50 bits per heavy atom. The number of thioether (sulfide) groups is 1. The molecule has 88 valence electrons. The van der Waals surface area contributed by atoms with Crippen molar-refractivity contribution in [3.8, 4) is 0 Å². The summed E-state index contributed by atoms with van der Waals surface area (Å²) < 4.78 is 0. The fourth-order valence-electron chi connectivity index (χ4n) is 1.92. The fraction of sp³-hybridized carbons (Fsp3) is 0. The number of allylic oxidation sites excluding steroid dienone is 1. The zero-order valence-corrected chi connectivity index (χ0v) is 10.4. The van der Waals surface area contributed by atoms with Gasteiger partial charge in [-0.25, -0.2) is 0 Å². The van der Waals surface area contributed by atoms with Crippen molar-refractivity contribution >= 4 is 29.3 Å². The van der Waals surface area contributed by atoms with Gasteiger partial charge in [0.25, 0.3) is 0 Å². The minimum Gasteiger partial charge on any atom is -0.398 e. The molecule has 0 aromatic heterocycles. The van der Waals surface area contributed by atoms with E-state index < -0.39 is 0 Å². The Morgan fingerprint density at radius 1 is 1.00 bits per heavy atom. The Labute approximate surface area is 110 Å². The molecule has 0 bridgehead atoms. The third-order valence-corrected chi connectivity index (χ3v) is 3.96. The SMILES string of the molecule is Nc1ccccc1C=C1Sc2ccccc2C1=O. The van der Waals surface area contributed by atoms with Crippen LogP contribution in [0.2, 0.25) is 0 Å². The van der Waals surface area contributed by atoms with Crippen LogP contribution in [0.1, 0.15) is 15.9 Å². The lowest BCUT2D eigenvalue weighted by atomic mass is 10.1. The highest BCUT2D eigenvalue weighted by atomic mass is 32.2. The Bertz CT molecular complexity index is 661. The summed E-state index contributed by atoms with van der Waals surface area (Å²) in [6.45, 7) is 0. The Hall–Kier alpha value is -2.00. The van der Waals surface area contributed by atoms with E-state index in [9.17, 15) is 4.79 Å². The first-order valence-electron chi connectivity index (χ1n) is 5.63. The highest BCUT2D eigenvalue weighted by Crippen LogP contribution is 2.40. The number of nitrogen functional groups attached to an aromatic ring is 1. The predicted molar refractivity (Wildman–Crippen MR) is 75.5 cm³/mol. The molecule has 0 fully saturated rings. The molecule has 0 saturated heterocycles. The first-order valence-corrected chi connectivity index (χ1v) is 6.45. The van der Waals surface area contributed by atoms with Crippen LogP contribution in [0.4, 0.5) is 5.69 Å². The van der Waals surface area contributed by atoms with Crippen molar-refractivity contribution in [1.29, 1.82) is 0 Å². The van der Waals surface area contributed by atoms with Gasteiger partial charge in [0.05, 0.1) is 4.91 Å². The molecule has 1 aliphatic heterocycles.